The summed E-state index contributed by atoms with van der Waals surface area (Å²) in [5, 5.41) is 3.08. The number of hydrogen-bond acceptors (Lipinski definition) is 4. The molecule has 0 amide bonds. The first kappa shape index (κ1) is 15.2. The molecule has 0 aliphatic rings. The molecule has 0 saturated carbocycles. The summed E-state index contributed by atoms with van der Waals surface area (Å²) >= 11 is 0. The molecular formula is C15H17F2N3O. The lowest BCUT2D eigenvalue weighted by atomic mass is 10.3. The van der Waals surface area contributed by atoms with Crippen LogP contribution in [0.4, 0.5) is 14.6 Å². The molecule has 0 saturated heterocycles. The van der Waals surface area contributed by atoms with Gasteiger partial charge in [-0.2, -0.15) is 4.98 Å². The minimum Gasteiger partial charge on any atom is -0.439 e. The quantitative estimate of drug-likeness (QED) is 0.876. The molecule has 0 spiro atoms. The highest BCUT2D eigenvalue weighted by atomic mass is 19.1. The molecule has 1 aromatic carbocycles. The summed E-state index contributed by atoms with van der Waals surface area (Å²) in [6.07, 6.45) is 1.59. The molecule has 1 N–H and O–H groups in total. The molecule has 4 nitrogen and oxygen atoms in total. The van der Waals surface area contributed by atoms with E-state index in [1.54, 1.807) is 6.07 Å². The lowest BCUT2D eigenvalue weighted by molar-refractivity contribution is 0.448. The smallest absolute Gasteiger partial charge is 0.224 e. The Balaban J connectivity index is 2.28. The Kier molecular flexibility index (Phi) is 5.03. The minimum atomic E-state index is -0.695. The summed E-state index contributed by atoms with van der Waals surface area (Å²) in [6, 6.07) is 4.61. The van der Waals surface area contributed by atoms with E-state index < -0.39 is 11.6 Å². The third-order valence-corrected chi connectivity index (χ3v) is 2.64. The molecule has 0 bridgehead atoms. The number of aryl methyl sites for hydroxylation is 1. The van der Waals surface area contributed by atoms with Crippen LogP contribution < -0.4 is 10.1 Å². The summed E-state index contributed by atoms with van der Waals surface area (Å²) in [5.74, 6) is 0.190. The predicted octanol–water partition coefficient (Wildman–Crippen LogP) is 3.93. The van der Waals surface area contributed by atoms with Crippen LogP contribution in [0, 0.1) is 11.6 Å². The number of nitrogens with one attached hydrogen (secondary N) is 1. The predicted molar refractivity (Wildman–Crippen MR) is 76.6 cm³/mol. The van der Waals surface area contributed by atoms with Crippen LogP contribution in [0.5, 0.6) is 11.6 Å². The first-order valence-corrected chi connectivity index (χ1v) is 6.86. The van der Waals surface area contributed by atoms with Crippen molar-refractivity contribution in [2.24, 2.45) is 0 Å². The number of anilines is 1. The standard InChI is InChI=1S/C15H17F2N3O/c1-3-5-13-19-14(18-4-2)9-15(20-13)21-12-7-10(16)6-11(17)8-12/h6-9H,3-5H2,1-2H3,(H,18,19,20). The van der Waals surface area contributed by atoms with Crippen molar-refractivity contribution in [3.05, 3.63) is 41.7 Å². The number of benzene rings is 1. The van der Waals surface area contributed by atoms with Crippen LogP contribution in [0.25, 0.3) is 0 Å². The van der Waals surface area contributed by atoms with Gasteiger partial charge < -0.3 is 10.1 Å². The maximum absolute atomic E-state index is 13.2. The van der Waals surface area contributed by atoms with Crippen molar-refractivity contribution in [3.63, 3.8) is 0 Å². The summed E-state index contributed by atoms with van der Waals surface area (Å²) in [5.41, 5.74) is 0. The summed E-state index contributed by atoms with van der Waals surface area (Å²) < 4.78 is 31.8. The Morgan fingerprint density at radius 3 is 2.38 bits per heavy atom. The average Bonchev–Trinajstić information content (AvgIpc) is 2.37. The van der Waals surface area contributed by atoms with Crippen molar-refractivity contribution in [1.29, 1.82) is 0 Å². The molecule has 1 heterocycles. The molecule has 6 heteroatoms. The number of aromatic nitrogens is 2. The molecule has 112 valence electrons. The van der Waals surface area contributed by atoms with Crippen LogP contribution in [-0.2, 0) is 6.42 Å². The van der Waals surface area contributed by atoms with Gasteiger partial charge in [0.15, 0.2) is 0 Å². The first-order chi connectivity index (χ1) is 10.1. The van der Waals surface area contributed by atoms with E-state index in [1.165, 1.54) is 0 Å². The second-order valence-corrected chi connectivity index (χ2v) is 4.50. The van der Waals surface area contributed by atoms with Gasteiger partial charge in [0, 0.05) is 37.2 Å². The van der Waals surface area contributed by atoms with Crippen molar-refractivity contribution in [2.45, 2.75) is 26.7 Å². The fourth-order valence-corrected chi connectivity index (χ4v) is 1.84. The molecule has 1 aromatic heterocycles. The van der Waals surface area contributed by atoms with Crippen LogP contribution in [0.1, 0.15) is 26.1 Å². The van der Waals surface area contributed by atoms with E-state index in [-0.39, 0.29) is 11.6 Å². The maximum atomic E-state index is 13.2. The number of nitrogens with zero attached hydrogens (tertiary/aromatic N) is 2. The van der Waals surface area contributed by atoms with Gasteiger partial charge >= 0.3 is 0 Å². The maximum Gasteiger partial charge on any atom is 0.224 e. The lowest BCUT2D eigenvalue weighted by Crippen LogP contribution is -2.04. The number of hydrogen-bond donors (Lipinski definition) is 1. The SMILES string of the molecule is CCCc1nc(NCC)cc(Oc2cc(F)cc(F)c2)n1. The Morgan fingerprint density at radius 1 is 1.05 bits per heavy atom. The first-order valence-electron chi connectivity index (χ1n) is 6.86. The minimum absolute atomic E-state index is 0.0658. The van der Waals surface area contributed by atoms with Gasteiger partial charge in [-0.15, -0.1) is 0 Å². The lowest BCUT2D eigenvalue weighted by Gasteiger charge is -2.10. The molecule has 0 aliphatic carbocycles. The summed E-state index contributed by atoms with van der Waals surface area (Å²) in [7, 11) is 0. The number of halogens is 2. The fraction of sp³-hybridized carbons (Fsp3) is 0.333. The van der Waals surface area contributed by atoms with Gasteiger partial charge in [0.25, 0.3) is 0 Å². The molecule has 2 aromatic rings. The Hall–Kier alpha value is -2.24. The van der Waals surface area contributed by atoms with E-state index in [9.17, 15) is 8.78 Å². The third kappa shape index (κ3) is 4.37. The zero-order valence-corrected chi connectivity index (χ0v) is 12.0. The molecule has 21 heavy (non-hydrogen) atoms. The van der Waals surface area contributed by atoms with Gasteiger partial charge in [0.05, 0.1) is 0 Å². The zero-order valence-electron chi connectivity index (χ0n) is 12.0. The highest BCUT2D eigenvalue weighted by molar-refractivity contribution is 5.40. The van der Waals surface area contributed by atoms with Gasteiger partial charge in [-0.25, -0.2) is 13.8 Å². The highest BCUT2D eigenvalue weighted by Gasteiger charge is 2.08. The molecule has 0 unspecified atom stereocenters. The monoisotopic (exact) mass is 293 g/mol. The topological polar surface area (TPSA) is 47.0 Å². The Bertz CT molecular complexity index is 575. The summed E-state index contributed by atoms with van der Waals surface area (Å²) in [6.45, 7) is 4.67. The zero-order chi connectivity index (χ0) is 15.2. The van der Waals surface area contributed by atoms with Gasteiger partial charge in [-0.1, -0.05) is 6.92 Å². The molecule has 0 fully saturated rings. The fourth-order valence-electron chi connectivity index (χ4n) is 1.84. The van der Waals surface area contributed by atoms with Crippen molar-refractivity contribution >= 4 is 5.82 Å². The summed E-state index contributed by atoms with van der Waals surface area (Å²) in [4.78, 5) is 8.58. The van der Waals surface area contributed by atoms with Gasteiger partial charge in [0.2, 0.25) is 5.88 Å². The second kappa shape index (κ2) is 6.97. The van der Waals surface area contributed by atoms with E-state index >= 15 is 0 Å². The number of ether oxygens (including phenoxy) is 1. The van der Waals surface area contributed by atoms with Crippen LogP contribution in [0.15, 0.2) is 24.3 Å². The van der Waals surface area contributed by atoms with E-state index in [0.717, 1.165) is 24.6 Å². The normalized spacial score (nSPS) is 10.5. The van der Waals surface area contributed by atoms with Gasteiger partial charge in [0.1, 0.15) is 29.0 Å². The van der Waals surface area contributed by atoms with E-state index in [1.807, 2.05) is 13.8 Å². The molecule has 0 atom stereocenters. The van der Waals surface area contributed by atoms with Crippen LogP contribution >= 0.6 is 0 Å². The van der Waals surface area contributed by atoms with E-state index in [4.69, 9.17) is 4.74 Å². The number of rotatable bonds is 6. The largest absolute Gasteiger partial charge is 0.439 e. The molecule has 0 radical (unpaired) electrons. The van der Waals surface area contributed by atoms with E-state index in [2.05, 4.69) is 15.3 Å². The van der Waals surface area contributed by atoms with Gasteiger partial charge in [-0.05, 0) is 13.3 Å². The molecule has 0 aliphatic heterocycles. The van der Waals surface area contributed by atoms with Crippen LogP contribution in [-0.4, -0.2) is 16.5 Å². The van der Waals surface area contributed by atoms with Crippen molar-refractivity contribution in [1.82, 2.24) is 9.97 Å². The molecule has 2 rings (SSSR count). The van der Waals surface area contributed by atoms with E-state index in [0.29, 0.717) is 24.6 Å². The van der Waals surface area contributed by atoms with Crippen molar-refractivity contribution in [2.75, 3.05) is 11.9 Å². The van der Waals surface area contributed by atoms with Crippen LogP contribution in [0.3, 0.4) is 0 Å². The Morgan fingerprint density at radius 2 is 1.76 bits per heavy atom. The average molecular weight is 293 g/mol. The second-order valence-electron chi connectivity index (χ2n) is 4.50. The third-order valence-electron chi connectivity index (χ3n) is 2.64. The Labute approximate surface area is 122 Å². The van der Waals surface area contributed by atoms with Crippen molar-refractivity contribution in [3.8, 4) is 11.6 Å². The highest BCUT2D eigenvalue weighted by Crippen LogP contribution is 2.23. The van der Waals surface area contributed by atoms with Gasteiger partial charge in [-0.3, -0.25) is 0 Å². The van der Waals surface area contributed by atoms with Crippen LogP contribution in [0.2, 0.25) is 0 Å². The van der Waals surface area contributed by atoms with Crippen molar-refractivity contribution < 1.29 is 13.5 Å². The molecular weight excluding hydrogens is 276 g/mol.